The minimum atomic E-state index is -0.139. The summed E-state index contributed by atoms with van der Waals surface area (Å²) in [4.78, 5) is 33.6. The average Bonchev–Trinajstić information content (AvgIpc) is 2.33. The molecule has 1 N–H and O–H groups in total. The Labute approximate surface area is 112 Å². The van der Waals surface area contributed by atoms with Crippen LogP contribution in [0.5, 0.6) is 0 Å². The Hall–Kier alpha value is -1.98. The fourth-order valence-electron chi connectivity index (χ4n) is 2.17. The van der Waals surface area contributed by atoms with Crippen molar-refractivity contribution in [3.63, 3.8) is 0 Å². The molecule has 1 saturated heterocycles. The first-order chi connectivity index (χ1) is 8.99. The van der Waals surface area contributed by atoms with Gasteiger partial charge in [-0.15, -0.1) is 0 Å². The van der Waals surface area contributed by atoms with Gasteiger partial charge in [-0.2, -0.15) is 0 Å². The summed E-state index contributed by atoms with van der Waals surface area (Å²) < 4.78 is 0. The van der Waals surface area contributed by atoms with E-state index in [1.165, 1.54) is 4.90 Å². The van der Waals surface area contributed by atoms with E-state index in [0.717, 1.165) is 5.69 Å². The summed E-state index contributed by atoms with van der Waals surface area (Å²) in [5.41, 5.74) is 0.805. The van der Waals surface area contributed by atoms with Crippen molar-refractivity contribution in [3.8, 4) is 0 Å². The molecule has 1 fully saturated rings. The van der Waals surface area contributed by atoms with Crippen LogP contribution in [0.2, 0.25) is 0 Å². The zero-order chi connectivity index (χ0) is 14.0. The molecule has 0 radical (unpaired) electrons. The van der Waals surface area contributed by atoms with Crippen molar-refractivity contribution in [2.45, 2.75) is 33.2 Å². The van der Waals surface area contributed by atoms with E-state index >= 15 is 0 Å². The van der Waals surface area contributed by atoms with Gasteiger partial charge in [-0.25, -0.2) is 9.97 Å². The maximum absolute atomic E-state index is 11.9. The van der Waals surface area contributed by atoms with Gasteiger partial charge in [0.1, 0.15) is 5.82 Å². The lowest BCUT2D eigenvalue weighted by atomic mass is 9.98. The van der Waals surface area contributed by atoms with Gasteiger partial charge in [0, 0.05) is 31.6 Å². The topological polar surface area (TPSA) is 75.2 Å². The number of piperidine rings is 1. The molecule has 0 bridgehead atoms. The van der Waals surface area contributed by atoms with Crippen LogP contribution in [0.25, 0.3) is 0 Å². The van der Waals surface area contributed by atoms with Gasteiger partial charge in [-0.3, -0.25) is 14.5 Å². The van der Waals surface area contributed by atoms with E-state index in [9.17, 15) is 9.59 Å². The van der Waals surface area contributed by atoms with Gasteiger partial charge in [-0.1, -0.05) is 6.92 Å². The molecule has 1 aliphatic heterocycles. The van der Waals surface area contributed by atoms with E-state index in [1.807, 2.05) is 19.9 Å². The van der Waals surface area contributed by atoms with E-state index in [-0.39, 0.29) is 24.3 Å². The third-order valence-corrected chi connectivity index (χ3v) is 3.10. The van der Waals surface area contributed by atoms with Gasteiger partial charge >= 0.3 is 0 Å². The molecule has 0 spiro atoms. The number of aromatic nitrogens is 2. The number of carbonyl (C=O) groups is 2. The van der Waals surface area contributed by atoms with Crippen LogP contribution < -0.4 is 5.32 Å². The molecule has 0 aromatic carbocycles. The molecule has 1 aliphatic rings. The van der Waals surface area contributed by atoms with E-state index in [4.69, 9.17) is 0 Å². The van der Waals surface area contributed by atoms with Gasteiger partial charge in [0.15, 0.2) is 5.82 Å². The number of hydrogen-bond donors (Lipinski definition) is 1. The third-order valence-electron chi connectivity index (χ3n) is 3.10. The normalized spacial score (nSPS) is 16.9. The molecule has 0 aliphatic carbocycles. The van der Waals surface area contributed by atoms with Gasteiger partial charge in [0.05, 0.1) is 6.54 Å². The number of hydrogen-bond acceptors (Lipinski definition) is 5. The molecule has 2 heterocycles. The number of anilines is 1. The third kappa shape index (κ3) is 3.07. The lowest BCUT2D eigenvalue weighted by Crippen LogP contribution is -2.42. The Balaban J connectivity index is 2.18. The van der Waals surface area contributed by atoms with Crippen LogP contribution in [0, 0.1) is 12.8 Å². The quantitative estimate of drug-likeness (QED) is 0.826. The lowest BCUT2D eigenvalue weighted by molar-refractivity contribution is -0.150. The highest BCUT2D eigenvalue weighted by Crippen LogP contribution is 2.20. The van der Waals surface area contributed by atoms with Gasteiger partial charge in [0.25, 0.3) is 0 Å². The van der Waals surface area contributed by atoms with Crippen molar-refractivity contribution in [1.82, 2.24) is 14.9 Å². The summed E-state index contributed by atoms with van der Waals surface area (Å²) in [6.45, 7) is 3.92. The maximum Gasteiger partial charge on any atom is 0.229 e. The summed E-state index contributed by atoms with van der Waals surface area (Å²) in [5, 5.41) is 2.94. The molecule has 19 heavy (non-hydrogen) atoms. The van der Waals surface area contributed by atoms with Crippen LogP contribution >= 0.6 is 0 Å². The number of carbonyl (C=O) groups excluding carboxylic acids is 2. The zero-order valence-corrected chi connectivity index (χ0v) is 11.4. The number of imide groups is 1. The van der Waals surface area contributed by atoms with Gasteiger partial charge in [0.2, 0.25) is 11.8 Å². The highest BCUT2D eigenvalue weighted by molar-refractivity contribution is 5.97. The summed E-state index contributed by atoms with van der Waals surface area (Å²) in [6, 6.07) is 1.81. The summed E-state index contributed by atoms with van der Waals surface area (Å²) in [5.74, 6) is 1.02. The number of rotatable bonds is 3. The Morgan fingerprint density at radius 3 is 2.53 bits per heavy atom. The Morgan fingerprint density at radius 2 is 1.95 bits per heavy atom. The maximum atomic E-state index is 11.9. The molecule has 6 nitrogen and oxygen atoms in total. The van der Waals surface area contributed by atoms with E-state index < -0.39 is 0 Å². The van der Waals surface area contributed by atoms with Crippen LogP contribution in [0.4, 0.5) is 5.82 Å². The first kappa shape index (κ1) is 13.5. The van der Waals surface area contributed by atoms with E-state index in [0.29, 0.717) is 24.5 Å². The van der Waals surface area contributed by atoms with Crippen LogP contribution in [0.1, 0.15) is 31.3 Å². The summed E-state index contributed by atoms with van der Waals surface area (Å²) in [6.07, 6.45) is 0.826. The Morgan fingerprint density at radius 1 is 1.32 bits per heavy atom. The molecule has 0 saturated carbocycles. The first-order valence-corrected chi connectivity index (χ1v) is 6.35. The fourth-order valence-corrected chi connectivity index (χ4v) is 2.17. The SMILES string of the molecule is CNc1cc(C)nc(CN2C(=O)CC(C)CC2=O)n1. The summed E-state index contributed by atoms with van der Waals surface area (Å²) in [7, 11) is 1.77. The standard InChI is InChI=1S/C13H18N4O2/c1-8-4-12(18)17(13(19)5-8)7-11-15-9(2)6-10(14-3)16-11/h6,8H,4-5,7H2,1-3H3,(H,14,15,16). The molecule has 2 amide bonds. The second-order valence-electron chi connectivity index (χ2n) is 4.95. The van der Waals surface area contributed by atoms with Crippen molar-refractivity contribution >= 4 is 17.6 Å². The number of likely N-dealkylation sites (tertiary alicyclic amines) is 1. The molecule has 1 aromatic heterocycles. The van der Waals surface area contributed by atoms with Gasteiger partial charge in [-0.05, 0) is 12.8 Å². The van der Waals surface area contributed by atoms with Crippen LogP contribution in [0.15, 0.2) is 6.07 Å². The van der Waals surface area contributed by atoms with Crippen LogP contribution in [-0.2, 0) is 16.1 Å². The second-order valence-corrected chi connectivity index (χ2v) is 4.95. The highest BCUT2D eigenvalue weighted by Gasteiger charge is 2.30. The molecule has 102 valence electrons. The number of nitrogens with one attached hydrogen (secondary N) is 1. The smallest absolute Gasteiger partial charge is 0.229 e. The van der Waals surface area contributed by atoms with Crippen molar-refractivity contribution < 1.29 is 9.59 Å². The Kier molecular flexibility index (Phi) is 3.78. The van der Waals surface area contributed by atoms with Gasteiger partial charge < -0.3 is 5.32 Å². The number of aryl methyl sites for hydroxylation is 1. The zero-order valence-electron chi connectivity index (χ0n) is 11.4. The average molecular weight is 262 g/mol. The first-order valence-electron chi connectivity index (χ1n) is 6.35. The van der Waals surface area contributed by atoms with Crippen molar-refractivity contribution in [1.29, 1.82) is 0 Å². The van der Waals surface area contributed by atoms with Crippen molar-refractivity contribution in [3.05, 3.63) is 17.6 Å². The molecular weight excluding hydrogens is 244 g/mol. The van der Waals surface area contributed by atoms with Crippen LogP contribution in [-0.4, -0.2) is 33.7 Å². The minimum Gasteiger partial charge on any atom is -0.373 e. The predicted octanol–water partition coefficient (Wildman–Crippen LogP) is 1.11. The molecule has 0 unspecified atom stereocenters. The fraction of sp³-hybridized carbons (Fsp3) is 0.538. The number of amides is 2. The highest BCUT2D eigenvalue weighted by atomic mass is 16.2. The molecule has 6 heteroatoms. The molecular formula is C13H18N4O2. The molecule has 2 rings (SSSR count). The van der Waals surface area contributed by atoms with E-state index in [1.54, 1.807) is 7.05 Å². The predicted molar refractivity (Wildman–Crippen MR) is 70.3 cm³/mol. The Bertz CT molecular complexity index is 497. The van der Waals surface area contributed by atoms with Crippen molar-refractivity contribution in [2.75, 3.05) is 12.4 Å². The van der Waals surface area contributed by atoms with Crippen molar-refractivity contribution in [2.24, 2.45) is 5.92 Å². The number of nitrogens with zero attached hydrogens (tertiary/aromatic N) is 3. The van der Waals surface area contributed by atoms with E-state index in [2.05, 4.69) is 15.3 Å². The largest absolute Gasteiger partial charge is 0.373 e. The summed E-state index contributed by atoms with van der Waals surface area (Å²) >= 11 is 0. The lowest BCUT2D eigenvalue weighted by Gasteiger charge is -2.27. The minimum absolute atomic E-state index is 0.127. The second kappa shape index (κ2) is 5.34. The molecule has 0 atom stereocenters. The monoisotopic (exact) mass is 262 g/mol. The molecule has 1 aromatic rings. The van der Waals surface area contributed by atoms with Crippen LogP contribution in [0.3, 0.4) is 0 Å².